The van der Waals surface area contributed by atoms with Gasteiger partial charge in [-0.3, -0.25) is 4.79 Å². The van der Waals surface area contributed by atoms with Crippen molar-refractivity contribution in [3.63, 3.8) is 0 Å². The van der Waals surface area contributed by atoms with Gasteiger partial charge in [0, 0.05) is 12.0 Å². The largest absolute Gasteiger partial charge is 0.394 e. The van der Waals surface area contributed by atoms with Crippen molar-refractivity contribution >= 4 is 5.91 Å². The minimum atomic E-state index is -0.668. The second kappa shape index (κ2) is 6.00. The molecule has 0 aromatic carbocycles. The zero-order valence-corrected chi connectivity index (χ0v) is 11.5. The summed E-state index contributed by atoms with van der Waals surface area (Å²) >= 11 is 0. The summed E-state index contributed by atoms with van der Waals surface area (Å²) in [6, 6.07) is 1.68. The molecule has 1 aromatic heterocycles. The first-order chi connectivity index (χ1) is 8.43. The second-order valence-corrected chi connectivity index (χ2v) is 5.13. The fourth-order valence-electron chi connectivity index (χ4n) is 1.70. The van der Waals surface area contributed by atoms with E-state index in [0.717, 1.165) is 18.5 Å². The Labute approximate surface area is 108 Å². The molecule has 1 rings (SSSR count). The van der Waals surface area contributed by atoms with Gasteiger partial charge >= 0.3 is 0 Å². The molecule has 0 saturated heterocycles. The number of nitrogens with zero attached hydrogens (tertiary/aromatic N) is 1. The molecule has 0 aliphatic rings. The number of nitrogens with one attached hydrogen (secondary N) is 1. The molecule has 18 heavy (non-hydrogen) atoms. The van der Waals surface area contributed by atoms with Gasteiger partial charge in [-0.1, -0.05) is 19.0 Å². The Morgan fingerprint density at radius 2 is 2.11 bits per heavy atom. The maximum absolute atomic E-state index is 11.9. The first-order valence-corrected chi connectivity index (χ1v) is 6.33. The normalized spacial score (nSPS) is 11.9. The van der Waals surface area contributed by atoms with Crippen LogP contribution in [0.4, 0.5) is 0 Å². The number of aromatic nitrogens is 1. The Balaban J connectivity index is 2.77. The number of rotatable bonds is 6. The Morgan fingerprint density at radius 1 is 1.50 bits per heavy atom. The minimum absolute atomic E-state index is 0.133. The Bertz CT molecular complexity index is 395. The number of carbonyl (C=O) groups excluding carboxylic acids is 1. The molecule has 0 unspecified atom stereocenters. The van der Waals surface area contributed by atoms with E-state index in [9.17, 15) is 4.79 Å². The van der Waals surface area contributed by atoms with E-state index >= 15 is 0 Å². The SMILES string of the molecule is CCC(CC)c1cc(C(=O)NC(C)(C)CO)on1. The third kappa shape index (κ3) is 3.57. The first kappa shape index (κ1) is 14.7. The van der Waals surface area contributed by atoms with Gasteiger partial charge in [-0.05, 0) is 26.7 Å². The molecule has 0 atom stereocenters. The van der Waals surface area contributed by atoms with Crippen LogP contribution in [-0.2, 0) is 0 Å². The number of hydrogen-bond acceptors (Lipinski definition) is 4. The van der Waals surface area contributed by atoms with Gasteiger partial charge in [0.15, 0.2) is 0 Å². The highest BCUT2D eigenvalue weighted by molar-refractivity contribution is 5.91. The molecule has 102 valence electrons. The third-order valence-electron chi connectivity index (χ3n) is 3.00. The Hall–Kier alpha value is -1.36. The van der Waals surface area contributed by atoms with E-state index in [1.165, 1.54) is 0 Å². The molecule has 1 amide bonds. The fraction of sp³-hybridized carbons (Fsp3) is 0.692. The Kier molecular flexibility index (Phi) is 4.90. The van der Waals surface area contributed by atoms with E-state index in [0.29, 0.717) is 5.92 Å². The van der Waals surface area contributed by atoms with Crippen LogP contribution in [0.3, 0.4) is 0 Å². The van der Waals surface area contributed by atoms with Crippen LogP contribution in [0.15, 0.2) is 10.6 Å². The van der Waals surface area contributed by atoms with Gasteiger partial charge < -0.3 is 14.9 Å². The molecule has 0 aliphatic carbocycles. The van der Waals surface area contributed by atoms with E-state index in [1.807, 2.05) is 0 Å². The van der Waals surface area contributed by atoms with Crippen molar-refractivity contribution in [2.75, 3.05) is 6.61 Å². The maximum Gasteiger partial charge on any atom is 0.290 e. The van der Waals surface area contributed by atoms with Crippen molar-refractivity contribution in [1.29, 1.82) is 0 Å². The molecule has 1 aromatic rings. The minimum Gasteiger partial charge on any atom is -0.394 e. The molecular weight excluding hydrogens is 232 g/mol. The highest BCUT2D eigenvalue weighted by Crippen LogP contribution is 2.22. The van der Waals surface area contributed by atoms with Crippen molar-refractivity contribution in [3.05, 3.63) is 17.5 Å². The van der Waals surface area contributed by atoms with Gasteiger partial charge in [0.2, 0.25) is 5.76 Å². The standard InChI is InChI=1S/C13H22N2O3/c1-5-9(6-2)10-7-11(18-15-10)12(17)14-13(3,4)8-16/h7,9,16H,5-6,8H2,1-4H3,(H,14,17). The molecule has 0 saturated carbocycles. The number of aliphatic hydroxyl groups excluding tert-OH is 1. The van der Waals surface area contributed by atoms with Crippen LogP contribution < -0.4 is 5.32 Å². The summed E-state index contributed by atoms with van der Waals surface area (Å²) < 4.78 is 5.06. The van der Waals surface area contributed by atoms with Crippen molar-refractivity contribution in [3.8, 4) is 0 Å². The van der Waals surface area contributed by atoms with Crippen LogP contribution in [0.1, 0.15) is 62.7 Å². The van der Waals surface area contributed by atoms with E-state index in [-0.39, 0.29) is 18.3 Å². The average molecular weight is 254 g/mol. The van der Waals surface area contributed by atoms with E-state index < -0.39 is 5.54 Å². The van der Waals surface area contributed by atoms with Gasteiger partial charge in [0.25, 0.3) is 5.91 Å². The predicted octanol–water partition coefficient (Wildman–Crippen LogP) is 2.08. The lowest BCUT2D eigenvalue weighted by Gasteiger charge is -2.22. The molecule has 0 aliphatic heterocycles. The highest BCUT2D eigenvalue weighted by atomic mass is 16.5. The van der Waals surface area contributed by atoms with Crippen molar-refractivity contribution < 1.29 is 14.4 Å². The van der Waals surface area contributed by atoms with E-state index in [4.69, 9.17) is 9.63 Å². The van der Waals surface area contributed by atoms with Gasteiger partial charge in [0.05, 0.1) is 17.8 Å². The molecule has 0 fully saturated rings. The summed E-state index contributed by atoms with van der Waals surface area (Å²) in [5, 5.41) is 15.7. The molecule has 0 radical (unpaired) electrons. The molecular formula is C13H22N2O3. The van der Waals surface area contributed by atoms with Gasteiger partial charge in [0.1, 0.15) is 0 Å². The van der Waals surface area contributed by atoms with Gasteiger partial charge in [-0.2, -0.15) is 0 Å². The fourth-order valence-corrected chi connectivity index (χ4v) is 1.70. The maximum atomic E-state index is 11.9. The van der Waals surface area contributed by atoms with Crippen molar-refractivity contribution in [1.82, 2.24) is 10.5 Å². The Morgan fingerprint density at radius 3 is 2.61 bits per heavy atom. The second-order valence-electron chi connectivity index (χ2n) is 5.13. The quantitative estimate of drug-likeness (QED) is 0.815. The smallest absolute Gasteiger partial charge is 0.290 e. The summed E-state index contributed by atoms with van der Waals surface area (Å²) in [6.07, 6.45) is 1.93. The lowest BCUT2D eigenvalue weighted by molar-refractivity contribution is 0.0832. The van der Waals surface area contributed by atoms with Crippen molar-refractivity contribution in [2.24, 2.45) is 0 Å². The molecule has 0 spiro atoms. The van der Waals surface area contributed by atoms with Crippen molar-refractivity contribution in [2.45, 2.75) is 52.0 Å². The van der Waals surface area contributed by atoms with E-state index in [2.05, 4.69) is 24.3 Å². The van der Waals surface area contributed by atoms with Gasteiger partial charge in [-0.25, -0.2) is 0 Å². The third-order valence-corrected chi connectivity index (χ3v) is 3.00. The zero-order valence-electron chi connectivity index (χ0n) is 11.5. The number of amides is 1. The average Bonchev–Trinajstić information content (AvgIpc) is 2.80. The highest BCUT2D eigenvalue weighted by Gasteiger charge is 2.23. The monoisotopic (exact) mass is 254 g/mol. The summed E-state index contributed by atoms with van der Waals surface area (Å²) in [5.41, 5.74) is 0.144. The zero-order chi connectivity index (χ0) is 13.8. The summed E-state index contributed by atoms with van der Waals surface area (Å²) in [6.45, 7) is 7.51. The summed E-state index contributed by atoms with van der Waals surface area (Å²) in [5.74, 6) is 0.165. The number of aliphatic hydroxyl groups is 1. The summed E-state index contributed by atoms with van der Waals surface area (Å²) in [4.78, 5) is 11.9. The molecule has 1 heterocycles. The van der Waals surface area contributed by atoms with E-state index in [1.54, 1.807) is 19.9 Å². The van der Waals surface area contributed by atoms with Crippen LogP contribution >= 0.6 is 0 Å². The first-order valence-electron chi connectivity index (χ1n) is 6.33. The number of carbonyl (C=O) groups is 1. The topological polar surface area (TPSA) is 75.4 Å². The lowest BCUT2D eigenvalue weighted by Crippen LogP contribution is -2.46. The summed E-state index contributed by atoms with van der Waals surface area (Å²) in [7, 11) is 0. The number of hydrogen-bond donors (Lipinski definition) is 2. The lowest BCUT2D eigenvalue weighted by atomic mass is 9.99. The molecule has 5 heteroatoms. The van der Waals surface area contributed by atoms with Crippen LogP contribution in [-0.4, -0.2) is 28.3 Å². The van der Waals surface area contributed by atoms with Crippen LogP contribution in [0.2, 0.25) is 0 Å². The molecule has 0 bridgehead atoms. The van der Waals surface area contributed by atoms with Crippen LogP contribution in [0.5, 0.6) is 0 Å². The predicted molar refractivity (Wildman–Crippen MR) is 68.5 cm³/mol. The van der Waals surface area contributed by atoms with Crippen LogP contribution in [0.25, 0.3) is 0 Å². The van der Waals surface area contributed by atoms with Gasteiger partial charge in [-0.15, -0.1) is 0 Å². The molecule has 2 N–H and O–H groups in total. The van der Waals surface area contributed by atoms with Crippen LogP contribution in [0, 0.1) is 0 Å². The molecule has 5 nitrogen and oxygen atoms in total.